The van der Waals surface area contributed by atoms with Gasteiger partial charge in [-0.05, 0) is 58.7 Å². The molecule has 3 heterocycles. The van der Waals surface area contributed by atoms with Gasteiger partial charge in [0.1, 0.15) is 23.6 Å². The zero-order valence-corrected chi connectivity index (χ0v) is 20.2. The Morgan fingerprint density at radius 1 is 1.14 bits per heavy atom. The van der Waals surface area contributed by atoms with Crippen LogP contribution < -0.4 is 4.74 Å². The number of furan rings is 1. The van der Waals surface area contributed by atoms with Gasteiger partial charge in [0.2, 0.25) is 5.88 Å². The van der Waals surface area contributed by atoms with Crippen molar-refractivity contribution in [1.82, 2.24) is 9.88 Å². The summed E-state index contributed by atoms with van der Waals surface area (Å²) in [6.45, 7) is 8.32. The summed E-state index contributed by atoms with van der Waals surface area (Å²) in [5.41, 5.74) is 0.277. The molecule has 4 rings (SSSR count). The number of pyridine rings is 1. The number of aryl methyl sites for hydroxylation is 1. The van der Waals surface area contributed by atoms with Crippen LogP contribution in [0.4, 0.5) is 18.0 Å². The van der Waals surface area contributed by atoms with Crippen molar-refractivity contribution >= 4 is 17.1 Å². The SMILES string of the molecule is Cc1cc2c(C(F)(F)F)ccc(COc3cccc(C4CCN(C(=O)OC(C)(C)C)CC4)n3)c2o1. The highest BCUT2D eigenvalue weighted by Gasteiger charge is 2.34. The van der Waals surface area contributed by atoms with E-state index >= 15 is 0 Å². The Bertz CT molecular complexity index is 1210. The van der Waals surface area contributed by atoms with E-state index in [1.54, 1.807) is 17.9 Å². The van der Waals surface area contributed by atoms with Crippen LogP contribution in [0.1, 0.15) is 62.1 Å². The monoisotopic (exact) mass is 490 g/mol. The van der Waals surface area contributed by atoms with E-state index in [2.05, 4.69) is 4.98 Å². The van der Waals surface area contributed by atoms with E-state index in [1.165, 1.54) is 12.1 Å². The second-order valence-corrected chi connectivity index (χ2v) is 9.80. The number of aromatic nitrogens is 1. The first kappa shape index (κ1) is 24.9. The van der Waals surface area contributed by atoms with Crippen molar-refractivity contribution in [1.29, 1.82) is 0 Å². The predicted octanol–water partition coefficient (Wildman–Crippen LogP) is 6.85. The van der Waals surface area contributed by atoms with Crippen LogP contribution in [-0.2, 0) is 17.5 Å². The lowest BCUT2D eigenvalue weighted by Gasteiger charge is -2.33. The molecule has 188 valence electrons. The minimum absolute atomic E-state index is 0.0227. The number of amides is 1. The number of ether oxygens (including phenoxy) is 2. The number of alkyl halides is 3. The molecule has 1 amide bonds. The highest BCUT2D eigenvalue weighted by molar-refractivity contribution is 5.85. The number of piperidine rings is 1. The van der Waals surface area contributed by atoms with Gasteiger partial charge in [-0.2, -0.15) is 13.2 Å². The van der Waals surface area contributed by atoms with Crippen LogP contribution in [0.5, 0.6) is 5.88 Å². The minimum Gasteiger partial charge on any atom is -0.473 e. The molecular formula is C26H29F3N2O4. The molecule has 0 bridgehead atoms. The van der Waals surface area contributed by atoms with E-state index in [9.17, 15) is 18.0 Å². The standard InChI is InChI=1S/C26H29F3N2O4/c1-16-14-19-20(26(27,28)29)9-8-18(23(19)34-16)15-33-22-7-5-6-21(30-22)17-10-12-31(13-11-17)24(32)35-25(2,3)4/h5-9,14,17H,10-13,15H2,1-4H3. The summed E-state index contributed by atoms with van der Waals surface area (Å²) in [6, 6.07) is 9.31. The van der Waals surface area contributed by atoms with Crippen LogP contribution in [0, 0.1) is 6.92 Å². The van der Waals surface area contributed by atoms with Crippen LogP contribution in [0.25, 0.3) is 11.0 Å². The molecule has 1 saturated heterocycles. The van der Waals surface area contributed by atoms with Crippen molar-refractivity contribution in [3.05, 3.63) is 59.0 Å². The molecule has 0 unspecified atom stereocenters. The number of hydrogen-bond acceptors (Lipinski definition) is 5. The van der Waals surface area contributed by atoms with E-state index in [1.807, 2.05) is 32.9 Å². The van der Waals surface area contributed by atoms with Crippen molar-refractivity contribution < 1.29 is 31.9 Å². The fourth-order valence-corrected chi connectivity index (χ4v) is 4.24. The highest BCUT2D eigenvalue weighted by atomic mass is 19.4. The topological polar surface area (TPSA) is 64.8 Å². The normalized spacial score (nSPS) is 15.5. The van der Waals surface area contributed by atoms with Crippen molar-refractivity contribution in [2.24, 2.45) is 0 Å². The van der Waals surface area contributed by atoms with Crippen LogP contribution in [0.2, 0.25) is 0 Å². The largest absolute Gasteiger partial charge is 0.473 e. The van der Waals surface area contributed by atoms with Gasteiger partial charge in [0, 0.05) is 41.7 Å². The molecule has 1 fully saturated rings. The molecule has 9 heteroatoms. The highest BCUT2D eigenvalue weighted by Crippen LogP contribution is 2.37. The molecule has 6 nitrogen and oxygen atoms in total. The number of carbonyl (C=O) groups is 1. The van der Waals surface area contributed by atoms with Gasteiger partial charge < -0.3 is 18.8 Å². The third-order valence-corrected chi connectivity index (χ3v) is 5.88. The summed E-state index contributed by atoms with van der Waals surface area (Å²) < 4.78 is 56.9. The van der Waals surface area contributed by atoms with Gasteiger partial charge in [-0.1, -0.05) is 12.1 Å². The summed E-state index contributed by atoms with van der Waals surface area (Å²) in [7, 11) is 0. The third kappa shape index (κ3) is 5.89. The number of halogens is 3. The molecule has 35 heavy (non-hydrogen) atoms. The molecule has 0 N–H and O–H groups in total. The van der Waals surface area contributed by atoms with E-state index in [-0.39, 0.29) is 29.6 Å². The fourth-order valence-electron chi connectivity index (χ4n) is 4.24. The van der Waals surface area contributed by atoms with Crippen LogP contribution in [0.3, 0.4) is 0 Å². The number of nitrogens with zero attached hydrogens (tertiary/aromatic N) is 2. The molecule has 0 aliphatic carbocycles. The minimum atomic E-state index is -4.47. The lowest BCUT2D eigenvalue weighted by atomic mass is 9.93. The Balaban J connectivity index is 1.42. The molecule has 1 aromatic carbocycles. The second kappa shape index (κ2) is 9.43. The van der Waals surface area contributed by atoms with E-state index < -0.39 is 17.3 Å². The fraction of sp³-hybridized carbons (Fsp3) is 0.462. The number of rotatable bonds is 4. The Morgan fingerprint density at radius 2 is 1.86 bits per heavy atom. The zero-order chi connectivity index (χ0) is 25.4. The summed E-state index contributed by atoms with van der Waals surface area (Å²) in [5, 5.41) is 0.0227. The van der Waals surface area contributed by atoms with E-state index in [0.717, 1.165) is 24.6 Å². The molecular weight excluding hydrogens is 461 g/mol. The molecule has 0 saturated carbocycles. The van der Waals surface area contributed by atoms with Crippen molar-refractivity contribution in [2.45, 2.75) is 64.8 Å². The zero-order valence-electron chi connectivity index (χ0n) is 20.2. The number of likely N-dealkylation sites (tertiary alicyclic amines) is 1. The Labute approximate surface area is 202 Å². The van der Waals surface area contributed by atoms with Gasteiger partial charge in [-0.25, -0.2) is 9.78 Å². The first-order chi connectivity index (χ1) is 16.4. The Hall–Kier alpha value is -3.23. The van der Waals surface area contributed by atoms with E-state index in [4.69, 9.17) is 13.9 Å². The second-order valence-electron chi connectivity index (χ2n) is 9.80. The molecule has 2 aromatic heterocycles. The number of benzene rings is 1. The van der Waals surface area contributed by atoms with Gasteiger partial charge in [0.15, 0.2) is 0 Å². The summed E-state index contributed by atoms with van der Waals surface area (Å²) in [4.78, 5) is 18.6. The molecule has 0 radical (unpaired) electrons. The molecule has 0 spiro atoms. The maximum Gasteiger partial charge on any atom is 0.417 e. The first-order valence-corrected chi connectivity index (χ1v) is 11.6. The summed E-state index contributed by atoms with van der Waals surface area (Å²) in [6.07, 6.45) is -3.28. The molecule has 1 aliphatic heterocycles. The Morgan fingerprint density at radius 3 is 2.51 bits per heavy atom. The third-order valence-electron chi connectivity index (χ3n) is 5.88. The lowest BCUT2D eigenvalue weighted by Crippen LogP contribution is -2.41. The van der Waals surface area contributed by atoms with Crippen LogP contribution in [0.15, 0.2) is 40.8 Å². The van der Waals surface area contributed by atoms with Crippen molar-refractivity contribution in [2.75, 3.05) is 13.1 Å². The number of carbonyl (C=O) groups excluding carboxylic acids is 1. The number of fused-ring (bicyclic) bond motifs is 1. The van der Waals surface area contributed by atoms with E-state index in [0.29, 0.717) is 30.3 Å². The number of hydrogen-bond donors (Lipinski definition) is 0. The Kier molecular flexibility index (Phi) is 6.71. The van der Waals surface area contributed by atoms with Gasteiger partial charge in [-0.3, -0.25) is 0 Å². The van der Waals surface area contributed by atoms with Crippen LogP contribution in [-0.4, -0.2) is 34.7 Å². The average molecular weight is 491 g/mol. The maximum absolute atomic E-state index is 13.4. The maximum atomic E-state index is 13.4. The lowest BCUT2D eigenvalue weighted by molar-refractivity contribution is -0.136. The quantitative estimate of drug-likeness (QED) is 0.400. The van der Waals surface area contributed by atoms with Gasteiger partial charge >= 0.3 is 12.3 Å². The summed E-state index contributed by atoms with van der Waals surface area (Å²) in [5.74, 6) is 0.951. The predicted molar refractivity (Wildman–Crippen MR) is 124 cm³/mol. The van der Waals surface area contributed by atoms with Crippen molar-refractivity contribution in [3.8, 4) is 5.88 Å². The first-order valence-electron chi connectivity index (χ1n) is 11.6. The molecule has 0 atom stereocenters. The molecule has 1 aliphatic rings. The van der Waals surface area contributed by atoms with Gasteiger partial charge in [-0.15, -0.1) is 0 Å². The molecule has 3 aromatic rings. The smallest absolute Gasteiger partial charge is 0.417 e. The van der Waals surface area contributed by atoms with Crippen LogP contribution >= 0.6 is 0 Å². The summed E-state index contributed by atoms with van der Waals surface area (Å²) >= 11 is 0. The van der Waals surface area contributed by atoms with Gasteiger partial charge in [0.25, 0.3) is 0 Å². The van der Waals surface area contributed by atoms with Gasteiger partial charge in [0.05, 0.1) is 5.56 Å². The average Bonchev–Trinajstić information content (AvgIpc) is 3.17. The van der Waals surface area contributed by atoms with Crippen molar-refractivity contribution in [3.63, 3.8) is 0 Å².